The zero-order chi connectivity index (χ0) is 12.8. The highest BCUT2D eigenvalue weighted by molar-refractivity contribution is 5.03. The van der Waals surface area contributed by atoms with Crippen LogP contribution < -0.4 is 5.32 Å². The Kier molecular flexibility index (Phi) is 5.11. The van der Waals surface area contributed by atoms with Gasteiger partial charge in [-0.1, -0.05) is 13.0 Å². The Balaban J connectivity index is 1.96. The molecule has 0 aromatic carbocycles. The van der Waals surface area contributed by atoms with Gasteiger partial charge in [0.15, 0.2) is 0 Å². The Bertz CT molecular complexity index is 344. The molecule has 100 valence electrons. The van der Waals surface area contributed by atoms with Gasteiger partial charge in [0, 0.05) is 38.5 Å². The van der Waals surface area contributed by atoms with Gasteiger partial charge in [0.05, 0.1) is 5.69 Å². The first-order chi connectivity index (χ1) is 8.78. The van der Waals surface area contributed by atoms with E-state index >= 15 is 0 Å². The summed E-state index contributed by atoms with van der Waals surface area (Å²) in [5.41, 5.74) is 1.12. The fourth-order valence-corrected chi connectivity index (χ4v) is 2.52. The second kappa shape index (κ2) is 6.83. The topological polar surface area (TPSA) is 48.4 Å². The maximum atomic E-state index is 9.08. The molecule has 0 saturated carbocycles. The minimum atomic E-state index is 0.253. The minimum absolute atomic E-state index is 0.253. The molecule has 1 aromatic heterocycles. The van der Waals surface area contributed by atoms with Crippen LogP contribution in [0.2, 0.25) is 0 Å². The third-order valence-electron chi connectivity index (χ3n) is 3.39. The summed E-state index contributed by atoms with van der Waals surface area (Å²) < 4.78 is 0. The number of aliphatic hydroxyl groups is 1. The van der Waals surface area contributed by atoms with Gasteiger partial charge in [0.25, 0.3) is 0 Å². The number of nitrogens with one attached hydrogen (secondary N) is 1. The van der Waals surface area contributed by atoms with E-state index < -0.39 is 0 Å². The van der Waals surface area contributed by atoms with Gasteiger partial charge in [0.1, 0.15) is 0 Å². The number of rotatable bonds is 4. The molecule has 18 heavy (non-hydrogen) atoms. The minimum Gasteiger partial charge on any atom is -0.396 e. The number of aromatic nitrogens is 1. The molecule has 0 spiro atoms. The van der Waals surface area contributed by atoms with Crippen LogP contribution in [0.3, 0.4) is 0 Å². The Morgan fingerprint density at radius 3 is 3.06 bits per heavy atom. The lowest BCUT2D eigenvalue weighted by molar-refractivity contribution is 0.214. The largest absolute Gasteiger partial charge is 0.396 e. The van der Waals surface area contributed by atoms with Crippen molar-refractivity contribution in [3.8, 4) is 0 Å². The van der Waals surface area contributed by atoms with Crippen LogP contribution in [0, 0.1) is 5.92 Å². The molecule has 0 bridgehead atoms. The van der Waals surface area contributed by atoms with Crippen LogP contribution in [-0.4, -0.2) is 47.3 Å². The number of hydrogen-bond acceptors (Lipinski definition) is 4. The van der Waals surface area contributed by atoms with Crippen molar-refractivity contribution in [1.82, 2.24) is 15.2 Å². The van der Waals surface area contributed by atoms with E-state index in [2.05, 4.69) is 28.2 Å². The van der Waals surface area contributed by atoms with Crippen LogP contribution in [0.25, 0.3) is 0 Å². The van der Waals surface area contributed by atoms with Gasteiger partial charge in [-0.05, 0) is 31.0 Å². The van der Waals surface area contributed by atoms with E-state index in [1.807, 2.05) is 18.3 Å². The maximum Gasteiger partial charge on any atom is 0.0543 e. The first kappa shape index (κ1) is 13.5. The molecule has 2 N–H and O–H groups in total. The van der Waals surface area contributed by atoms with E-state index in [-0.39, 0.29) is 6.61 Å². The lowest BCUT2D eigenvalue weighted by atomic mass is 10.2. The monoisotopic (exact) mass is 249 g/mol. The van der Waals surface area contributed by atoms with Crippen molar-refractivity contribution in [2.75, 3.05) is 26.2 Å². The second-order valence-corrected chi connectivity index (χ2v) is 5.24. The fourth-order valence-electron chi connectivity index (χ4n) is 2.52. The highest BCUT2D eigenvalue weighted by atomic mass is 16.3. The van der Waals surface area contributed by atoms with Gasteiger partial charge in [-0.25, -0.2) is 0 Å². The van der Waals surface area contributed by atoms with Gasteiger partial charge in [0.2, 0.25) is 0 Å². The van der Waals surface area contributed by atoms with E-state index in [4.69, 9.17) is 5.11 Å². The van der Waals surface area contributed by atoms with Crippen molar-refractivity contribution in [2.24, 2.45) is 5.92 Å². The highest BCUT2D eigenvalue weighted by Crippen LogP contribution is 2.11. The Morgan fingerprint density at radius 2 is 2.33 bits per heavy atom. The van der Waals surface area contributed by atoms with Gasteiger partial charge in [-0.2, -0.15) is 0 Å². The lowest BCUT2D eigenvalue weighted by Crippen LogP contribution is -2.38. The van der Waals surface area contributed by atoms with Crippen molar-refractivity contribution >= 4 is 0 Å². The molecule has 4 heteroatoms. The Morgan fingerprint density at radius 1 is 1.44 bits per heavy atom. The smallest absolute Gasteiger partial charge is 0.0543 e. The summed E-state index contributed by atoms with van der Waals surface area (Å²) in [6, 6.07) is 6.45. The molecule has 2 rings (SSSR count). The fraction of sp³-hybridized carbons (Fsp3) is 0.643. The SMILES string of the molecule is CC1CNC(CCO)CN(Cc2ccccn2)C1. The predicted octanol–water partition coefficient (Wildman–Crippen LogP) is 0.874. The molecule has 0 radical (unpaired) electrons. The highest BCUT2D eigenvalue weighted by Gasteiger charge is 2.21. The molecule has 1 fully saturated rings. The van der Waals surface area contributed by atoms with Gasteiger partial charge < -0.3 is 10.4 Å². The Labute approximate surface area is 109 Å². The predicted molar refractivity (Wildman–Crippen MR) is 72.2 cm³/mol. The molecule has 4 nitrogen and oxygen atoms in total. The van der Waals surface area contributed by atoms with E-state index in [1.165, 1.54) is 0 Å². The van der Waals surface area contributed by atoms with Crippen LogP contribution in [0.15, 0.2) is 24.4 Å². The third kappa shape index (κ3) is 4.05. The van der Waals surface area contributed by atoms with E-state index in [0.29, 0.717) is 12.0 Å². The van der Waals surface area contributed by atoms with Crippen molar-refractivity contribution in [3.63, 3.8) is 0 Å². The zero-order valence-electron chi connectivity index (χ0n) is 11.0. The number of nitrogens with zero attached hydrogens (tertiary/aromatic N) is 2. The molecule has 1 saturated heterocycles. The maximum absolute atomic E-state index is 9.08. The summed E-state index contributed by atoms with van der Waals surface area (Å²) in [6.45, 7) is 6.52. The van der Waals surface area contributed by atoms with E-state index in [1.54, 1.807) is 0 Å². The molecule has 2 unspecified atom stereocenters. The summed E-state index contributed by atoms with van der Waals surface area (Å²) in [7, 11) is 0. The van der Waals surface area contributed by atoms with Gasteiger partial charge in [-0.3, -0.25) is 9.88 Å². The van der Waals surface area contributed by atoms with E-state index in [9.17, 15) is 0 Å². The van der Waals surface area contributed by atoms with Crippen LogP contribution in [-0.2, 0) is 6.54 Å². The normalized spacial score (nSPS) is 25.9. The standard InChI is InChI=1S/C14H23N3O/c1-12-8-16-14(5-7-18)11-17(9-12)10-13-4-2-3-6-15-13/h2-4,6,12,14,16,18H,5,7-11H2,1H3. The van der Waals surface area contributed by atoms with Crippen molar-refractivity contribution < 1.29 is 5.11 Å². The second-order valence-electron chi connectivity index (χ2n) is 5.24. The van der Waals surface area contributed by atoms with Crippen LogP contribution >= 0.6 is 0 Å². The van der Waals surface area contributed by atoms with Crippen molar-refractivity contribution in [3.05, 3.63) is 30.1 Å². The number of pyridine rings is 1. The molecule has 0 amide bonds. The number of aliphatic hydroxyl groups excluding tert-OH is 1. The summed E-state index contributed by atoms with van der Waals surface area (Å²) in [6.07, 6.45) is 2.67. The third-order valence-corrected chi connectivity index (χ3v) is 3.39. The average molecular weight is 249 g/mol. The first-order valence-corrected chi connectivity index (χ1v) is 6.74. The first-order valence-electron chi connectivity index (χ1n) is 6.74. The van der Waals surface area contributed by atoms with Gasteiger partial charge >= 0.3 is 0 Å². The summed E-state index contributed by atoms with van der Waals surface area (Å²) in [4.78, 5) is 6.83. The number of hydrogen-bond donors (Lipinski definition) is 2. The molecule has 2 heterocycles. The molecular formula is C14H23N3O. The Hall–Kier alpha value is -0.970. The van der Waals surface area contributed by atoms with Crippen LogP contribution in [0.5, 0.6) is 0 Å². The molecule has 1 aromatic rings. The lowest BCUT2D eigenvalue weighted by Gasteiger charge is -2.24. The summed E-state index contributed by atoms with van der Waals surface area (Å²) >= 11 is 0. The summed E-state index contributed by atoms with van der Waals surface area (Å²) in [5.74, 6) is 0.636. The van der Waals surface area contributed by atoms with Crippen LogP contribution in [0.4, 0.5) is 0 Å². The van der Waals surface area contributed by atoms with Gasteiger partial charge in [-0.15, -0.1) is 0 Å². The molecule has 1 aliphatic rings. The zero-order valence-corrected chi connectivity index (χ0v) is 11.0. The average Bonchev–Trinajstić information content (AvgIpc) is 2.53. The molecule has 0 aliphatic carbocycles. The molecular weight excluding hydrogens is 226 g/mol. The molecule has 1 aliphatic heterocycles. The summed E-state index contributed by atoms with van der Waals surface area (Å²) in [5, 5.41) is 12.6. The van der Waals surface area contributed by atoms with E-state index in [0.717, 1.165) is 38.3 Å². The van der Waals surface area contributed by atoms with Crippen molar-refractivity contribution in [1.29, 1.82) is 0 Å². The van der Waals surface area contributed by atoms with Crippen LogP contribution in [0.1, 0.15) is 19.0 Å². The van der Waals surface area contributed by atoms with Crippen molar-refractivity contribution in [2.45, 2.75) is 25.9 Å². The quantitative estimate of drug-likeness (QED) is 0.831. The molecule has 2 atom stereocenters.